The van der Waals surface area contributed by atoms with E-state index in [9.17, 15) is 14.4 Å². The summed E-state index contributed by atoms with van der Waals surface area (Å²) in [7, 11) is 0. The second kappa shape index (κ2) is 16.3. The van der Waals surface area contributed by atoms with Gasteiger partial charge < -0.3 is 16.0 Å². The van der Waals surface area contributed by atoms with Crippen molar-refractivity contribution in [1.82, 2.24) is 5.32 Å². The standard InChI is InChI=1S/C39H33Cl2N3O3S/c1-25(2)27-18-16-26(17-19-27)22-35(44-37(45)29-12-7-4-8-13-29)38(46)42-31-14-9-15-32(24-31)48-36(28-10-5-3-6-11-28)39(47)43-34-21-20-30(40)23-33(34)41/h3-25,36H,1-2H3,(H,42,46)(H,43,47)(H,44,45)/b35-22+. The SMILES string of the molecule is CC(C)c1ccc(/C=C(/NC(=O)c2ccccc2)C(=O)Nc2cccc(SC(C(=O)Nc3ccc(Cl)cc3Cl)c3ccccc3)c2)cc1. The average Bonchev–Trinajstić information content (AvgIpc) is 3.09. The summed E-state index contributed by atoms with van der Waals surface area (Å²) >= 11 is 13.7. The van der Waals surface area contributed by atoms with Crippen LogP contribution in [0.4, 0.5) is 11.4 Å². The van der Waals surface area contributed by atoms with E-state index in [2.05, 4.69) is 29.8 Å². The fourth-order valence-corrected chi connectivity index (χ4v) is 6.30. The molecule has 1 atom stereocenters. The Hall–Kier alpha value is -4.82. The molecular weight excluding hydrogens is 661 g/mol. The van der Waals surface area contributed by atoms with Crippen molar-refractivity contribution < 1.29 is 14.4 Å². The van der Waals surface area contributed by atoms with Crippen LogP contribution in [0.5, 0.6) is 0 Å². The average molecular weight is 695 g/mol. The fourth-order valence-electron chi connectivity index (χ4n) is 4.76. The number of rotatable bonds is 11. The van der Waals surface area contributed by atoms with Crippen molar-refractivity contribution in [3.63, 3.8) is 0 Å². The van der Waals surface area contributed by atoms with E-state index in [1.54, 1.807) is 66.7 Å². The van der Waals surface area contributed by atoms with Gasteiger partial charge in [0.2, 0.25) is 5.91 Å². The van der Waals surface area contributed by atoms with Crippen LogP contribution in [0.3, 0.4) is 0 Å². The molecule has 3 amide bonds. The third kappa shape index (κ3) is 9.38. The lowest BCUT2D eigenvalue weighted by atomic mass is 10.0. The highest BCUT2D eigenvalue weighted by Gasteiger charge is 2.23. The van der Waals surface area contributed by atoms with Crippen LogP contribution in [0.2, 0.25) is 10.0 Å². The number of carbonyl (C=O) groups excluding carboxylic acids is 3. The quantitative estimate of drug-likeness (QED) is 0.0949. The van der Waals surface area contributed by atoms with Crippen LogP contribution in [0, 0.1) is 0 Å². The Kier molecular flexibility index (Phi) is 11.7. The van der Waals surface area contributed by atoms with Crippen molar-refractivity contribution in [2.24, 2.45) is 0 Å². The smallest absolute Gasteiger partial charge is 0.272 e. The number of hydrogen-bond acceptors (Lipinski definition) is 4. The summed E-state index contributed by atoms with van der Waals surface area (Å²) in [4.78, 5) is 41.1. The largest absolute Gasteiger partial charge is 0.323 e. The van der Waals surface area contributed by atoms with E-state index >= 15 is 0 Å². The Bertz CT molecular complexity index is 1930. The number of thioether (sulfide) groups is 1. The molecule has 5 aromatic rings. The van der Waals surface area contributed by atoms with Crippen LogP contribution < -0.4 is 16.0 Å². The Morgan fingerprint density at radius 1 is 0.708 bits per heavy atom. The molecule has 0 saturated carbocycles. The molecule has 0 bridgehead atoms. The molecule has 0 aromatic heterocycles. The molecule has 0 heterocycles. The van der Waals surface area contributed by atoms with Gasteiger partial charge in [-0.1, -0.05) is 116 Å². The molecule has 0 aliphatic heterocycles. The van der Waals surface area contributed by atoms with Crippen LogP contribution in [-0.2, 0) is 9.59 Å². The maximum Gasteiger partial charge on any atom is 0.272 e. The van der Waals surface area contributed by atoms with Gasteiger partial charge in [0.15, 0.2) is 0 Å². The normalized spacial score (nSPS) is 11.9. The summed E-state index contributed by atoms with van der Waals surface area (Å²) in [6.07, 6.45) is 1.65. The first-order chi connectivity index (χ1) is 23.2. The van der Waals surface area contributed by atoms with Gasteiger partial charge in [-0.3, -0.25) is 14.4 Å². The van der Waals surface area contributed by atoms with E-state index in [1.807, 2.05) is 66.7 Å². The first-order valence-corrected chi connectivity index (χ1v) is 16.9. The second-order valence-electron chi connectivity index (χ2n) is 11.2. The van der Waals surface area contributed by atoms with E-state index in [4.69, 9.17) is 23.2 Å². The fraction of sp³-hybridized carbons (Fsp3) is 0.103. The number of benzene rings is 5. The van der Waals surface area contributed by atoms with Crippen LogP contribution in [0.1, 0.15) is 52.1 Å². The zero-order chi connectivity index (χ0) is 34.0. The van der Waals surface area contributed by atoms with Crippen molar-refractivity contribution in [3.05, 3.63) is 165 Å². The van der Waals surface area contributed by atoms with Crippen molar-refractivity contribution in [2.75, 3.05) is 10.6 Å². The zero-order valence-electron chi connectivity index (χ0n) is 26.2. The molecule has 6 nitrogen and oxygen atoms in total. The molecule has 1 unspecified atom stereocenters. The molecule has 0 spiro atoms. The molecule has 5 rings (SSSR count). The van der Waals surface area contributed by atoms with Gasteiger partial charge in [0.1, 0.15) is 10.9 Å². The van der Waals surface area contributed by atoms with Crippen molar-refractivity contribution >= 4 is 70.1 Å². The number of halogens is 2. The van der Waals surface area contributed by atoms with Gasteiger partial charge in [-0.15, -0.1) is 11.8 Å². The summed E-state index contributed by atoms with van der Waals surface area (Å²) in [5.41, 5.74) is 4.17. The molecule has 0 aliphatic rings. The van der Waals surface area contributed by atoms with Crippen LogP contribution in [0.15, 0.2) is 138 Å². The lowest BCUT2D eigenvalue weighted by Gasteiger charge is -2.18. The minimum atomic E-state index is -0.640. The maximum atomic E-state index is 13.7. The summed E-state index contributed by atoms with van der Waals surface area (Å²) in [5.74, 6) is -0.819. The summed E-state index contributed by atoms with van der Waals surface area (Å²) < 4.78 is 0. The Labute approximate surface area is 294 Å². The molecule has 0 radical (unpaired) electrons. The van der Waals surface area contributed by atoms with Gasteiger partial charge in [0.25, 0.3) is 11.8 Å². The molecule has 242 valence electrons. The van der Waals surface area contributed by atoms with Gasteiger partial charge in [-0.05, 0) is 77.2 Å². The van der Waals surface area contributed by atoms with Gasteiger partial charge in [0, 0.05) is 21.2 Å². The van der Waals surface area contributed by atoms with Gasteiger partial charge in [-0.2, -0.15) is 0 Å². The summed E-state index contributed by atoms with van der Waals surface area (Å²) in [5, 5.41) is 8.77. The van der Waals surface area contributed by atoms with Crippen molar-refractivity contribution in [2.45, 2.75) is 29.9 Å². The first kappa shape index (κ1) is 34.5. The van der Waals surface area contributed by atoms with Crippen LogP contribution >= 0.6 is 35.0 Å². The van der Waals surface area contributed by atoms with Crippen molar-refractivity contribution in [1.29, 1.82) is 0 Å². The number of nitrogens with one attached hydrogen (secondary N) is 3. The lowest BCUT2D eigenvalue weighted by molar-refractivity contribution is -0.116. The molecule has 5 aromatic carbocycles. The van der Waals surface area contributed by atoms with E-state index in [0.29, 0.717) is 32.9 Å². The lowest BCUT2D eigenvalue weighted by Crippen LogP contribution is -2.30. The molecule has 48 heavy (non-hydrogen) atoms. The molecule has 3 N–H and O–H groups in total. The first-order valence-electron chi connectivity index (χ1n) is 15.2. The van der Waals surface area contributed by atoms with Crippen LogP contribution in [-0.4, -0.2) is 17.7 Å². The van der Waals surface area contributed by atoms with E-state index in [1.165, 1.54) is 17.3 Å². The second-order valence-corrected chi connectivity index (χ2v) is 13.2. The number of carbonyl (C=O) groups is 3. The molecular formula is C39H33Cl2N3O3S. The number of anilines is 2. The molecule has 0 fully saturated rings. The Balaban J connectivity index is 1.38. The third-order valence-corrected chi connectivity index (χ3v) is 9.11. The topological polar surface area (TPSA) is 87.3 Å². The predicted octanol–water partition coefficient (Wildman–Crippen LogP) is 10.00. The monoisotopic (exact) mass is 693 g/mol. The van der Waals surface area contributed by atoms with Gasteiger partial charge in [0.05, 0.1) is 10.7 Å². The maximum absolute atomic E-state index is 13.7. The zero-order valence-corrected chi connectivity index (χ0v) is 28.6. The minimum Gasteiger partial charge on any atom is -0.323 e. The van der Waals surface area contributed by atoms with E-state index in [0.717, 1.165) is 16.0 Å². The highest BCUT2D eigenvalue weighted by molar-refractivity contribution is 8.00. The van der Waals surface area contributed by atoms with Crippen molar-refractivity contribution in [3.8, 4) is 0 Å². The van der Waals surface area contributed by atoms with Crippen LogP contribution in [0.25, 0.3) is 6.08 Å². The van der Waals surface area contributed by atoms with E-state index in [-0.39, 0.29) is 11.6 Å². The third-order valence-electron chi connectivity index (χ3n) is 7.32. The highest BCUT2D eigenvalue weighted by Crippen LogP contribution is 2.38. The Morgan fingerprint density at radius 3 is 2.06 bits per heavy atom. The predicted molar refractivity (Wildman–Crippen MR) is 198 cm³/mol. The van der Waals surface area contributed by atoms with Gasteiger partial charge >= 0.3 is 0 Å². The highest BCUT2D eigenvalue weighted by atomic mass is 35.5. The minimum absolute atomic E-state index is 0.0839. The van der Waals surface area contributed by atoms with Gasteiger partial charge in [-0.25, -0.2) is 0 Å². The molecule has 9 heteroatoms. The number of hydrogen-bond donors (Lipinski definition) is 3. The molecule has 0 aliphatic carbocycles. The van der Waals surface area contributed by atoms with E-state index < -0.39 is 17.1 Å². The summed E-state index contributed by atoms with van der Waals surface area (Å²) in [6.45, 7) is 4.22. The molecule has 0 saturated heterocycles. The number of amides is 3. The summed E-state index contributed by atoms with van der Waals surface area (Å²) in [6, 6.07) is 38.0. The Morgan fingerprint density at radius 2 is 1.40 bits per heavy atom.